The van der Waals surface area contributed by atoms with Crippen molar-refractivity contribution in [1.82, 2.24) is 0 Å². The number of hydrogen-bond acceptors (Lipinski definition) is 2. The van der Waals surface area contributed by atoms with Gasteiger partial charge in [0, 0.05) is 11.6 Å². The van der Waals surface area contributed by atoms with Crippen molar-refractivity contribution < 1.29 is 17.9 Å². The molecule has 112 valence electrons. The van der Waals surface area contributed by atoms with Gasteiger partial charge in [-0.1, -0.05) is 12.1 Å². The van der Waals surface area contributed by atoms with Gasteiger partial charge in [0.2, 0.25) is 0 Å². The van der Waals surface area contributed by atoms with Crippen LogP contribution in [0.4, 0.5) is 13.2 Å². The average Bonchev–Trinajstić information content (AvgIpc) is 2.43. The van der Waals surface area contributed by atoms with Crippen LogP contribution in [0, 0.1) is 17.5 Å². The molecule has 0 aliphatic carbocycles. The minimum atomic E-state index is -0.619. The molecule has 0 bridgehead atoms. The summed E-state index contributed by atoms with van der Waals surface area (Å²) < 4.78 is 45.5. The van der Waals surface area contributed by atoms with Gasteiger partial charge < -0.3 is 10.5 Å². The van der Waals surface area contributed by atoms with Gasteiger partial charge in [-0.3, -0.25) is 0 Å². The van der Waals surface area contributed by atoms with E-state index in [4.69, 9.17) is 10.5 Å². The Hall–Kier alpha value is -2.01. The Labute approximate surface area is 121 Å². The van der Waals surface area contributed by atoms with Crippen molar-refractivity contribution >= 4 is 0 Å². The van der Waals surface area contributed by atoms with E-state index in [1.54, 1.807) is 6.07 Å². The highest BCUT2D eigenvalue weighted by atomic mass is 19.1. The second-order valence-corrected chi connectivity index (χ2v) is 4.84. The Bertz CT molecular complexity index is 611. The first-order chi connectivity index (χ1) is 10.0. The SMILES string of the molecule is COc1ccc(CC(N)Cc2c(F)cccc2F)cc1F. The smallest absolute Gasteiger partial charge is 0.165 e. The van der Waals surface area contributed by atoms with Gasteiger partial charge in [-0.05, 0) is 42.7 Å². The van der Waals surface area contributed by atoms with Crippen molar-refractivity contribution in [2.45, 2.75) is 18.9 Å². The molecule has 21 heavy (non-hydrogen) atoms. The molecule has 0 radical (unpaired) electrons. The van der Waals surface area contributed by atoms with Crippen LogP contribution in [0.15, 0.2) is 36.4 Å². The molecule has 2 nitrogen and oxygen atoms in total. The molecule has 0 aliphatic heterocycles. The van der Waals surface area contributed by atoms with Crippen molar-refractivity contribution in [2.75, 3.05) is 7.11 Å². The second kappa shape index (κ2) is 6.63. The van der Waals surface area contributed by atoms with E-state index in [-0.39, 0.29) is 17.7 Å². The quantitative estimate of drug-likeness (QED) is 0.919. The summed E-state index contributed by atoms with van der Waals surface area (Å²) in [5.74, 6) is -1.58. The van der Waals surface area contributed by atoms with Crippen molar-refractivity contribution in [3.05, 3.63) is 65.0 Å². The van der Waals surface area contributed by atoms with Gasteiger partial charge in [0.1, 0.15) is 11.6 Å². The molecule has 1 atom stereocenters. The summed E-state index contributed by atoms with van der Waals surface area (Å²) in [5, 5.41) is 0. The molecular weight excluding hydrogens is 279 g/mol. The summed E-state index contributed by atoms with van der Waals surface area (Å²) in [5.41, 5.74) is 6.52. The summed E-state index contributed by atoms with van der Waals surface area (Å²) >= 11 is 0. The number of methoxy groups -OCH3 is 1. The fourth-order valence-electron chi connectivity index (χ4n) is 2.20. The van der Waals surface area contributed by atoms with Crippen LogP contribution in [0.25, 0.3) is 0 Å². The lowest BCUT2D eigenvalue weighted by Gasteiger charge is -2.13. The maximum absolute atomic E-state index is 13.6. The summed E-state index contributed by atoms with van der Waals surface area (Å²) in [7, 11) is 1.38. The zero-order chi connectivity index (χ0) is 15.4. The van der Waals surface area contributed by atoms with Crippen molar-refractivity contribution in [1.29, 1.82) is 0 Å². The lowest BCUT2D eigenvalue weighted by molar-refractivity contribution is 0.386. The molecule has 0 saturated heterocycles. The van der Waals surface area contributed by atoms with Gasteiger partial charge in [0.05, 0.1) is 7.11 Å². The van der Waals surface area contributed by atoms with Crippen LogP contribution in [0.2, 0.25) is 0 Å². The van der Waals surface area contributed by atoms with Crippen LogP contribution < -0.4 is 10.5 Å². The number of ether oxygens (including phenoxy) is 1. The first-order valence-electron chi connectivity index (χ1n) is 6.52. The number of rotatable bonds is 5. The molecule has 0 heterocycles. The molecule has 0 fully saturated rings. The van der Waals surface area contributed by atoms with E-state index in [9.17, 15) is 13.2 Å². The Morgan fingerprint density at radius 1 is 1.00 bits per heavy atom. The molecule has 5 heteroatoms. The topological polar surface area (TPSA) is 35.2 Å². The Morgan fingerprint density at radius 2 is 1.67 bits per heavy atom. The van der Waals surface area contributed by atoms with E-state index in [2.05, 4.69) is 0 Å². The van der Waals surface area contributed by atoms with Crippen molar-refractivity contribution in [3.63, 3.8) is 0 Å². The summed E-state index contributed by atoms with van der Waals surface area (Å²) in [6.45, 7) is 0. The molecule has 2 aromatic rings. The number of halogens is 3. The fraction of sp³-hybridized carbons (Fsp3) is 0.250. The van der Waals surface area contributed by atoms with E-state index in [0.717, 1.165) is 0 Å². The predicted octanol–water partition coefficient (Wildman–Crippen LogP) is 3.23. The van der Waals surface area contributed by atoms with Gasteiger partial charge in [0.15, 0.2) is 11.6 Å². The first-order valence-corrected chi connectivity index (χ1v) is 6.52. The Kier molecular flexibility index (Phi) is 4.85. The predicted molar refractivity (Wildman–Crippen MR) is 74.7 cm³/mol. The highest BCUT2D eigenvalue weighted by molar-refractivity contribution is 5.30. The number of benzene rings is 2. The van der Waals surface area contributed by atoms with Gasteiger partial charge >= 0.3 is 0 Å². The molecule has 0 aromatic heterocycles. The molecule has 2 N–H and O–H groups in total. The highest BCUT2D eigenvalue weighted by Gasteiger charge is 2.14. The van der Waals surface area contributed by atoms with Crippen LogP contribution in [0.1, 0.15) is 11.1 Å². The molecule has 0 amide bonds. The van der Waals surface area contributed by atoms with Gasteiger partial charge in [0.25, 0.3) is 0 Å². The van der Waals surface area contributed by atoms with E-state index >= 15 is 0 Å². The molecule has 0 saturated carbocycles. The zero-order valence-corrected chi connectivity index (χ0v) is 11.6. The standard InChI is InChI=1S/C16H16F3NO/c1-21-16-6-5-10(8-15(16)19)7-11(20)9-12-13(17)3-2-4-14(12)18/h2-6,8,11H,7,9,20H2,1H3. The highest BCUT2D eigenvalue weighted by Crippen LogP contribution is 2.20. The summed E-state index contributed by atoms with van der Waals surface area (Å²) in [6, 6.07) is 7.68. The second-order valence-electron chi connectivity index (χ2n) is 4.84. The van der Waals surface area contributed by atoms with Crippen molar-refractivity contribution in [2.24, 2.45) is 5.73 Å². The van der Waals surface area contributed by atoms with Gasteiger partial charge in [-0.25, -0.2) is 13.2 Å². The molecule has 1 unspecified atom stereocenters. The van der Waals surface area contributed by atoms with E-state index < -0.39 is 23.5 Å². The van der Waals surface area contributed by atoms with Crippen LogP contribution in [-0.4, -0.2) is 13.2 Å². The van der Waals surface area contributed by atoms with E-state index in [0.29, 0.717) is 12.0 Å². The Balaban J connectivity index is 2.08. The molecule has 2 aromatic carbocycles. The molecule has 0 spiro atoms. The Morgan fingerprint density at radius 3 is 2.24 bits per heavy atom. The summed E-state index contributed by atoms with van der Waals surface area (Å²) in [6.07, 6.45) is 0.362. The fourth-order valence-corrected chi connectivity index (χ4v) is 2.20. The lowest BCUT2D eigenvalue weighted by Crippen LogP contribution is -2.26. The van der Waals surface area contributed by atoms with E-state index in [1.165, 1.54) is 37.4 Å². The minimum absolute atomic E-state index is 0.0426. The van der Waals surface area contributed by atoms with Gasteiger partial charge in [-0.15, -0.1) is 0 Å². The summed E-state index contributed by atoms with van der Waals surface area (Å²) in [4.78, 5) is 0. The number of hydrogen-bond donors (Lipinski definition) is 1. The zero-order valence-electron chi connectivity index (χ0n) is 11.6. The molecular formula is C16H16F3NO. The van der Waals surface area contributed by atoms with Crippen molar-refractivity contribution in [3.8, 4) is 5.75 Å². The average molecular weight is 295 g/mol. The third kappa shape index (κ3) is 3.76. The lowest BCUT2D eigenvalue weighted by atomic mass is 9.99. The molecule has 0 aliphatic rings. The van der Waals surface area contributed by atoms with E-state index in [1.807, 2.05) is 0 Å². The first kappa shape index (κ1) is 15.4. The maximum atomic E-state index is 13.6. The van der Waals surface area contributed by atoms with Crippen LogP contribution >= 0.6 is 0 Å². The number of nitrogens with two attached hydrogens (primary N) is 1. The van der Waals surface area contributed by atoms with Crippen LogP contribution in [0.5, 0.6) is 5.75 Å². The normalized spacial score (nSPS) is 12.2. The maximum Gasteiger partial charge on any atom is 0.165 e. The monoisotopic (exact) mass is 295 g/mol. The third-order valence-electron chi connectivity index (χ3n) is 3.24. The minimum Gasteiger partial charge on any atom is -0.494 e. The largest absolute Gasteiger partial charge is 0.494 e. The third-order valence-corrected chi connectivity index (χ3v) is 3.24. The van der Waals surface area contributed by atoms with Gasteiger partial charge in [-0.2, -0.15) is 0 Å². The van der Waals surface area contributed by atoms with Crippen LogP contribution in [0.3, 0.4) is 0 Å². The molecule has 2 rings (SSSR count). The van der Waals surface area contributed by atoms with Crippen LogP contribution in [-0.2, 0) is 12.8 Å².